The topological polar surface area (TPSA) is 57.9 Å². The van der Waals surface area contributed by atoms with Gasteiger partial charge in [0.1, 0.15) is 5.82 Å². The van der Waals surface area contributed by atoms with Crippen LogP contribution in [-0.2, 0) is 0 Å². The molecular formula is C13H22N4. The van der Waals surface area contributed by atoms with Crippen LogP contribution in [0.2, 0.25) is 0 Å². The first-order valence-corrected chi connectivity index (χ1v) is 6.71. The molecule has 0 bridgehead atoms. The van der Waals surface area contributed by atoms with Crippen molar-refractivity contribution >= 4 is 0 Å². The Bertz CT molecular complexity index is 381. The number of hydrogen-bond donors (Lipinski definition) is 2. The van der Waals surface area contributed by atoms with Gasteiger partial charge >= 0.3 is 0 Å². The first-order chi connectivity index (χ1) is 8.22. The predicted molar refractivity (Wildman–Crippen MR) is 68.0 cm³/mol. The zero-order chi connectivity index (χ0) is 11.8. The predicted octanol–water partition coefficient (Wildman–Crippen LogP) is 1.42. The lowest BCUT2D eigenvalue weighted by molar-refractivity contribution is 0.248. The van der Waals surface area contributed by atoms with Gasteiger partial charge in [-0.3, -0.25) is 0 Å². The summed E-state index contributed by atoms with van der Waals surface area (Å²) < 4.78 is 0. The number of nitrogens with zero attached hydrogens (tertiary/aromatic N) is 2. The maximum atomic E-state index is 5.83. The van der Waals surface area contributed by atoms with Gasteiger partial charge in [0.2, 0.25) is 0 Å². The smallest absolute Gasteiger partial charge is 0.109 e. The van der Waals surface area contributed by atoms with E-state index in [1.54, 1.807) is 0 Å². The summed E-state index contributed by atoms with van der Waals surface area (Å²) in [6, 6.07) is 0.398. The number of H-pyrrole nitrogens is 1. The van der Waals surface area contributed by atoms with E-state index >= 15 is 0 Å². The molecule has 1 unspecified atom stereocenters. The van der Waals surface area contributed by atoms with E-state index in [1.165, 1.54) is 25.1 Å². The third-order valence-corrected chi connectivity index (χ3v) is 4.24. The molecular weight excluding hydrogens is 212 g/mol. The molecule has 0 aromatic carbocycles. The molecule has 1 aliphatic carbocycles. The maximum absolute atomic E-state index is 5.83. The second-order valence-electron chi connectivity index (χ2n) is 5.75. The Morgan fingerprint density at radius 1 is 1.41 bits per heavy atom. The van der Waals surface area contributed by atoms with Crippen molar-refractivity contribution in [1.82, 2.24) is 14.9 Å². The van der Waals surface area contributed by atoms with Crippen molar-refractivity contribution in [2.75, 3.05) is 20.1 Å². The largest absolute Gasteiger partial charge is 0.345 e. The molecule has 0 radical (unpaired) electrons. The number of likely N-dealkylation sites (tertiary alicyclic amines) is 1. The molecule has 1 aromatic rings. The lowest BCUT2D eigenvalue weighted by Crippen LogP contribution is -2.35. The highest BCUT2D eigenvalue weighted by Gasteiger charge is 2.30. The molecule has 1 saturated carbocycles. The van der Waals surface area contributed by atoms with Crippen molar-refractivity contribution in [2.45, 2.75) is 43.6 Å². The average Bonchev–Trinajstić information content (AvgIpc) is 2.74. The normalized spacial score (nSPS) is 34.6. The second kappa shape index (κ2) is 4.42. The fourth-order valence-electron chi connectivity index (χ4n) is 3.07. The summed E-state index contributed by atoms with van der Waals surface area (Å²) >= 11 is 0. The van der Waals surface area contributed by atoms with E-state index in [9.17, 15) is 0 Å². The molecule has 3 N–H and O–H groups in total. The number of aromatic nitrogens is 2. The second-order valence-corrected chi connectivity index (χ2v) is 5.75. The van der Waals surface area contributed by atoms with E-state index in [-0.39, 0.29) is 0 Å². The van der Waals surface area contributed by atoms with Crippen LogP contribution in [0.15, 0.2) is 6.20 Å². The average molecular weight is 234 g/mol. The van der Waals surface area contributed by atoms with Gasteiger partial charge in [-0.1, -0.05) is 0 Å². The Labute approximate surface area is 103 Å². The number of piperidine rings is 1. The summed E-state index contributed by atoms with van der Waals surface area (Å²) in [6.45, 7) is 2.39. The number of hydrogen-bond acceptors (Lipinski definition) is 3. The number of likely N-dealkylation sites (N-methyl/N-ethyl adjacent to an activating group) is 1. The van der Waals surface area contributed by atoms with Gasteiger partial charge in [-0.05, 0) is 39.3 Å². The van der Waals surface area contributed by atoms with Crippen LogP contribution in [0.1, 0.15) is 49.0 Å². The number of nitrogens with one attached hydrogen (secondary N) is 1. The molecule has 4 nitrogen and oxygen atoms in total. The van der Waals surface area contributed by atoms with Crippen LogP contribution in [-0.4, -0.2) is 41.0 Å². The molecule has 0 spiro atoms. The standard InChI is InChI=1S/C13H22N4/c1-17-4-2-3-9(8-17)12-7-15-13(16-12)10-5-11(14)6-10/h7,9-11H,2-6,8,14H2,1H3,(H,15,16). The summed E-state index contributed by atoms with van der Waals surface area (Å²) in [6.07, 6.45) is 6.82. The van der Waals surface area contributed by atoms with Crippen LogP contribution in [0, 0.1) is 0 Å². The van der Waals surface area contributed by atoms with E-state index in [2.05, 4.69) is 21.9 Å². The molecule has 3 rings (SSSR count). The minimum absolute atomic E-state index is 0.398. The van der Waals surface area contributed by atoms with Gasteiger partial charge in [0.15, 0.2) is 0 Å². The van der Waals surface area contributed by atoms with Gasteiger partial charge in [0, 0.05) is 36.3 Å². The summed E-state index contributed by atoms with van der Waals surface area (Å²) in [5, 5.41) is 0. The van der Waals surface area contributed by atoms with Crippen molar-refractivity contribution in [1.29, 1.82) is 0 Å². The zero-order valence-electron chi connectivity index (χ0n) is 10.5. The van der Waals surface area contributed by atoms with Gasteiger partial charge in [-0.25, -0.2) is 4.98 Å². The van der Waals surface area contributed by atoms with Gasteiger partial charge in [-0.15, -0.1) is 0 Å². The Morgan fingerprint density at radius 2 is 2.24 bits per heavy atom. The molecule has 1 aromatic heterocycles. The minimum atomic E-state index is 0.398. The lowest BCUT2D eigenvalue weighted by atomic mass is 9.80. The van der Waals surface area contributed by atoms with E-state index in [0.717, 1.165) is 25.2 Å². The van der Waals surface area contributed by atoms with Crippen molar-refractivity contribution < 1.29 is 0 Å². The molecule has 1 saturated heterocycles. The Kier molecular flexibility index (Phi) is 2.92. The minimum Gasteiger partial charge on any atom is -0.345 e. The Hall–Kier alpha value is -0.870. The van der Waals surface area contributed by atoms with Crippen LogP contribution in [0.3, 0.4) is 0 Å². The fraction of sp³-hybridized carbons (Fsp3) is 0.769. The van der Waals surface area contributed by atoms with Crippen molar-refractivity contribution in [2.24, 2.45) is 5.73 Å². The Balaban J connectivity index is 1.67. The fourth-order valence-corrected chi connectivity index (χ4v) is 3.07. The maximum Gasteiger partial charge on any atom is 0.109 e. The first kappa shape index (κ1) is 11.2. The molecule has 1 atom stereocenters. The first-order valence-electron chi connectivity index (χ1n) is 6.71. The molecule has 2 fully saturated rings. The molecule has 94 valence electrons. The highest BCUT2D eigenvalue weighted by atomic mass is 15.1. The third-order valence-electron chi connectivity index (χ3n) is 4.24. The highest BCUT2D eigenvalue weighted by Crippen LogP contribution is 2.35. The number of aromatic amines is 1. The molecule has 2 aliphatic rings. The molecule has 4 heteroatoms. The number of nitrogens with two attached hydrogens (primary N) is 1. The van der Waals surface area contributed by atoms with E-state index in [0.29, 0.717) is 17.9 Å². The van der Waals surface area contributed by atoms with Crippen LogP contribution in [0.4, 0.5) is 0 Å². The van der Waals surface area contributed by atoms with Crippen molar-refractivity contribution in [3.8, 4) is 0 Å². The van der Waals surface area contributed by atoms with Gasteiger partial charge in [0.05, 0.1) is 0 Å². The van der Waals surface area contributed by atoms with E-state index in [4.69, 9.17) is 5.73 Å². The van der Waals surface area contributed by atoms with Crippen molar-refractivity contribution in [3.05, 3.63) is 17.7 Å². The quantitative estimate of drug-likeness (QED) is 0.813. The van der Waals surface area contributed by atoms with Gasteiger partial charge < -0.3 is 15.6 Å². The summed E-state index contributed by atoms with van der Waals surface area (Å²) in [5.41, 5.74) is 7.15. The SMILES string of the molecule is CN1CCCC(c2cnc(C3CC(N)C3)[nH]2)C1. The van der Waals surface area contributed by atoms with Gasteiger partial charge in [0.25, 0.3) is 0 Å². The zero-order valence-corrected chi connectivity index (χ0v) is 10.5. The lowest BCUT2D eigenvalue weighted by Gasteiger charge is -2.31. The molecule has 2 heterocycles. The summed E-state index contributed by atoms with van der Waals surface area (Å²) in [4.78, 5) is 10.5. The Morgan fingerprint density at radius 3 is 2.94 bits per heavy atom. The number of imidazole rings is 1. The third kappa shape index (κ3) is 2.24. The highest BCUT2D eigenvalue weighted by molar-refractivity contribution is 5.14. The monoisotopic (exact) mass is 234 g/mol. The van der Waals surface area contributed by atoms with Gasteiger partial charge in [-0.2, -0.15) is 0 Å². The summed E-state index contributed by atoms with van der Waals surface area (Å²) in [5.74, 6) is 2.39. The van der Waals surface area contributed by atoms with Crippen LogP contribution < -0.4 is 5.73 Å². The molecule has 17 heavy (non-hydrogen) atoms. The summed E-state index contributed by atoms with van der Waals surface area (Å²) in [7, 11) is 2.20. The van der Waals surface area contributed by atoms with Crippen LogP contribution in [0.5, 0.6) is 0 Å². The molecule has 0 amide bonds. The number of rotatable bonds is 2. The van der Waals surface area contributed by atoms with E-state index < -0.39 is 0 Å². The molecule has 1 aliphatic heterocycles. The van der Waals surface area contributed by atoms with Crippen LogP contribution >= 0.6 is 0 Å². The van der Waals surface area contributed by atoms with Crippen molar-refractivity contribution in [3.63, 3.8) is 0 Å². The van der Waals surface area contributed by atoms with E-state index in [1.807, 2.05) is 6.20 Å². The van der Waals surface area contributed by atoms with Crippen LogP contribution in [0.25, 0.3) is 0 Å².